The van der Waals surface area contributed by atoms with Crippen molar-refractivity contribution in [2.45, 2.75) is 39.7 Å². The number of aromatic nitrogens is 3. The third-order valence-corrected chi connectivity index (χ3v) is 6.29. The number of aryl methyl sites for hydroxylation is 3. The van der Waals surface area contributed by atoms with E-state index in [0.717, 1.165) is 53.0 Å². The molecular formula is C25H31N5O. The summed E-state index contributed by atoms with van der Waals surface area (Å²) in [6.07, 6.45) is 7.74. The number of hydrogen-bond acceptors (Lipinski definition) is 4. The molecule has 1 fully saturated rings. The average molecular weight is 418 g/mol. The highest BCUT2D eigenvalue weighted by atomic mass is 16.2. The maximum absolute atomic E-state index is 13.8. The Morgan fingerprint density at radius 1 is 1.26 bits per heavy atom. The van der Waals surface area contributed by atoms with Crippen LogP contribution in [0, 0.1) is 19.8 Å². The third kappa shape index (κ3) is 4.48. The van der Waals surface area contributed by atoms with Gasteiger partial charge < -0.3 is 10.2 Å². The number of anilines is 1. The standard InChI is InChI=1S/C25H31N5O/c1-17-9-10-21(20-14-28-29(4)16-20)22(13-17)25(31)30-12-6-8-18(2)23(30)15-27-24-19(3)7-5-11-26-24/h5,7,9-11,13-14,16,18,23H,6,8,12,15H2,1-4H3,(H,26,27). The Labute approximate surface area is 184 Å². The Balaban J connectivity index is 1.63. The molecule has 31 heavy (non-hydrogen) atoms. The van der Waals surface area contributed by atoms with Crippen LogP contribution in [0.4, 0.5) is 5.82 Å². The first-order valence-corrected chi connectivity index (χ1v) is 11.0. The van der Waals surface area contributed by atoms with Crippen LogP contribution < -0.4 is 5.32 Å². The summed E-state index contributed by atoms with van der Waals surface area (Å²) in [5, 5.41) is 7.79. The second-order valence-corrected chi connectivity index (χ2v) is 8.69. The summed E-state index contributed by atoms with van der Waals surface area (Å²) in [6, 6.07) is 10.2. The number of nitrogens with zero attached hydrogens (tertiary/aromatic N) is 4. The van der Waals surface area contributed by atoms with Gasteiger partial charge in [0.25, 0.3) is 5.91 Å². The predicted molar refractivity (Wildman–Crippen MR) is 124 cm³/mol. The van der Waals surface area contributed by atoms with Gasteiger partial charge in [-0.25, -0.2) is 4.98 Å². The Morgan fingerprint density at radius 3 is 2.84 bits per heavy atom. The fourth-order valence-electron chi connectivity index (χ4n) is 4.49. The largest absolute Gasteiger partial charge is 0.368 e. The van der Waals surface area contributed by atoms with E-state index in [0.29, 0.717) is 12.5 Å². The topological polar surface area (TPSA) is 63.1 Å². The molecule has 1 saturated heterocycles. The lowest BCUT2D eigenvalue weighted by atomic mass is 9.89. The van der Waals surface area contributed by atoms with Gasteiger partial charge in [-0.3, -0.25) is 9.48 Å². The number of likely N-dealkylation sites (tertiary alicyclic amines) is 1. The van der Waals surface area contributed by atoms with Gasteiger partial charge in [0.2, 0.25) is 0 Å². The van der Waals surface area contributed by atoms with Crippen LogP contribution in [0.2, 0.25) is 0 Å². The Kier molecular flexibility index (Phi) is 6.07. The number of carbonyl (C=O) groups is 1. The molecule has 1 N–H and O–H groups in total. The number of amides is 1. The van der Waals surface area contributed by atoms with Crippen LogP contribution in [0.3, 0.4) is 0 Å². The summed E-state index contributed by atoms with van der Waals surface area (Å²) in [5.74, 6) is 1.40. The third-order valence-electron chi connectivity index (χ3n) is 6.29. The molecule has 2 unspecified atom stereocenters. The minimum Gasteiger partial charge on any atom is -0.368 e. The molecule has 0 radical (unpaired) electrons. The van der Waals surface area contributed by atoms with E-state index >= 15 is 0 Å². The van der Waals surface area contributed by atoms with Crippen LogP contribution in [0.1, 0.15) is 41.3 Å². The van der Waals surface area contributed by atoms with Crippen molar-refractivity contribution in [2.24, 2.45) is 13.0 Å². The second-order valence-electron chi connectivity index (χ2n) is 8.69. The van der Waals surface area contributed by atoms with Crippen LogP contribution in [0.5, 0.6) is 0 Å². The van der Waals surface area contributed by atoms with E-state index in [-0.39, 0.29) is 11.9 Å². The van der Waals surface area contributed by atoms with Crippen molar-refractivity contribution in [1.82, 2.24) is 19.7 Å². The first-order chi connectivity index (χ1) is 14.9. The van der Waals surface area contributed by atoms with Gasteiger partial charge in [0.15, 0.2) is 0 Å². The molecule has 1 aliphatic heterocycles. The molecule has 4 rings (SSSR count). The fourth-order valence-corrected chi connectivity index (χ4v) is 4.49. The molecule has 0 spiro atoms. The fraction of sp³-hybridized carbons (Fsp3) is 0.400. The summed E-state index contributed by atoms with van der Waals surface area (Å²) in [7, 11) is 1.90. The maximum atomic E-state index is 13.8. The van der Waals surface area contributed by atoms with Crippen molar-refractivity contribution < 1.29 is 4.79 Å². The summed E-state index contributed by atoms with van der Waals surface area (Å²) in [4.78, 5) is 20.4. The molecular weight excluding hydrogens is 386 g/mol. The molecule has 2 atom stereocenters. The van der Waals surface area contributed by atoms with Crippen LogP contribution in [-0.4, -0.2) is 44.7 Å². The first-order valence-electron chi connectivity index (χ1n) is 11.0. The Bertz CT molecular complexity index is 1070. The lowest BCUT2D eigenvalue weighted by Gasteiger charge is -2.40. The van der Waals surface area contributed by atoms with Crippen molar-refractivity contribution in [3.8, 4) is 11.1 Å². The second kappa shape index (κ2) is 8.92. The number of pyridine rings is 1. The monoisotopic (exact) mass is 417 g/mol. The highest BCUT2D eigenvalue weighted by Gasteiger charge is 2.33. The van der Waals surface area contributed by atoms with Gasteiger partial charge in [0.1, 0.15) is 5.82 Å². The lowest BCUT2D eigenvalue weighted by Crippen LogP contribution is -2.51. The van der Waals surface area contributed by atoms with Crippen molar-refractivity contribution in [3.05, 3.63) is 65.6 Å². The minimum absolute atomic E-state index is 0.0960. The highest BCUT2D eigenvalue weighted by molar-refractivity contribution is 6.01. The van der Waals surface area contributed by atoms with Gasteiger partial charge in [-0.1, -0.05) is 30.7 Å². The van der Waals surface area contributed by atoms with Crippen molar-refractivity contribution in [1.29, 1.82) is 0 Å². The van der Waals surface area contributed by atoms with Crippen molar-refractivity contribution in [2.75, 3.05) is 18.4 Å². The van der Waals surface area contributed by atoms with Crippen LogP contribution in [0.25, 0.3) is 11.1 Å². The number of hydrogen-bond donors (Lipinski definition) is 1. The summed E-state index contributed by atoms with van der Waals surface area (Å²) in [6.45, 7) is 7.80. The van der Waals surface area contributed by atoms with Gasteiger partial charge in [-0.15, -0.1) is 0 Å². The molecule has 1 amide bonds. The van der Waals surface area contributed by atoms with Crippen LogP contribution in [-0.2, 0) is 7.05 Å². The van der Waals surface area contributed by atoms with E-state index < -0.39 is 0 Å². The molecule has 1 aromatic carbocycles. The lowest BCUT2D eigenvalue weighted by molar-refractivity contribution is 0.0540. The zero-order chi connectivity index (χ0) is 22.0. The van der Waals surface area contributed by atoms with E-state index in [1.807, 2.05) is 44.6 Å². The molecule has 1 aliphatic rings. The van der Waals surface area contributed by atoms with E-state index in [2.05, 4.69) is 46.3 Å². The van der Waals surface area contributed by atoms with Gasteiger partial charge in [-0.2, -0.15) is 5.10 Å². The van der Waals surface area contributed by atoms with E-state index in [1.54, 1.807) is 10.9 Å². The number of carbonyl (C=O) groups excluding carboxylic acids is 1. The maximum Gasteiger partial charge on any atom is 0.254 e. The van der Waals surface area contributed by atoms with E-state index in [4.69, 9.17) is 0 Å². The average Bonchev–Trinajstić information content (AvgIpc) is 3.19. The molecule has 162 valence electrons. The Morgan fingerprint density at radius 2 is 2.10 bits per heavy atom. The van der Waals surface area contributed by atoms with Crippen molar-refractivity contribution in [3.63, 3.8) is 0 Å². The molecule has 6 heteroatoms. The minimum atomic E-state index is 0.0960. The highest BCUT2D eigenvalue weighted by Crippen LogP contribution is 2.30. The van der Waals surface area contributed by atoms with Crippen LogP contribution in [0.15, 0.2) is 48.9 Å². The molecule has 0 saturated carbocycles. The summed E-state index contributed by atoms with van der Waals surface area (Å²) < 4.78 is 1.77. The van der Waals surface area contributed by atoms with Crippen LogP contribution >= 0.6 is 0 Å². The zero-order valence-corrected chi connectivity index (χ0v) is 18.8. The van der Waals surface area contributed by atoms with Crippen molar-refractivity contribution >= 4 is 11.7 Å². The molecule has 6 nitrogen and oxygen atoms in total. The predicted octanol–water partition coefficient (Wildman–Crippen LogP) is 4.45. The zero-order valence-electron chi connectivity index (χ0n) is 18.8. The number of piperidine rings is 1. The summed E-state index contributed by atoms with van der Waals surface area (Å²) in [5.41, 5.74) is 4.85. The molecule has 2 aromatic heterocycles. The van der Waals surface area contributed by atoms with Gasteiger partial charge in [-0.05, 0) is 55.9 Å². The molecule has 0 bridgehead atoms. The molecule has 3 aromatic rings. The van der Waals surface area contributed by atoms with Gasteiger partial charge in [0.05, 0.1) is 12.2 Å². The summed E-state index contributed by atoms with van der Waals surface area (Å²) >= 11 is 0. The Hall–Kier alpha value is -3.15. The molecule has 0 aliphatic carbocycles. The van der Waals surface area contributed by atoms with Gasteiger partial charge >= 0.3 is 0 Å². The quantitative estimate of drug-likeness (QED) is 0.666. The number of benzene rings is 1. The van der Waals surface area contributed by atoms with E-state index in [1.165, 1.54) is 0 Å². The first kappa shape index (κ1) is 21.1. The smallest absolute Gasteiger partial charge is 0.254 e. The number of nitrogens with one attached hydrogen (secondary N) is 1. The van der Waals surface area contributed by atoms with E-state index in [9.17, 15) is 4.79 Å². The van der Waals surface area contributed by atoms with Gasteiger partial charge in [0, 0.05) is 43.7 Å². The SMILES string of the molecule is Cc1ccc(-c2cnn(C)c2)c(C(=O)N2CCCC(C)C2CNc2ncccc2C)c1. The normalized spacial score (nSPS) is 18.8. The number of rotatable bonds is 5. The molecule has 3 heterocycles.